The van der Waals surface area contributed by atoms with Crippen molar-refractivity contribution in [1.82, 2.24) is 5.43 Å². The van der Waals surface area contributed by atoms with Crippen LogP contribution in [0.5, 0.6) is 5.75 Å². The normalized spacial score (nSPS) is 10.6. The van der Waals surface area contributed by atoms with E-state index in [0.29, 0.717) is 32.1 Å². The summed E-state index contributed by atoms with van der Waals surface area (Å²) in [6.45, 7) is 0. The Hall–Kier alpha value is -2.28. The van der Waals surface area contributed by atoms with Crippen molar-refractivity contribution >= 4 is 58.5 Å². The molecule has 0 spiro atoms. The van der Waals surface area contributed by atoms with Crippen LogP contribution in [-0.4, -0.2) is 25.1 Å². The number of halogens is 3. The summed E-state index contributed by atoms with van der Waals surface area (Å²) in [7, 11) is 1.47. The van der Waals surface area contributed by atoms with E-state index in [4.69, 9.17) is 39.5 Å². The minimum absolute atomic E-state index is 0.298. The van der Waals surface area contributed by atoms with Crippen molar-refractivity contribution in [2.45, 2.75) is 0 Å². The third-order valence-electron chi connectivity index (χ3n) is 2.98. The van der Waals surface area contributed by atoms with Crippen LogP contribution in [0.4, 0.5) is 5.69 Å². The molecule has 2 rings (SSSR count). The topological polar surface area (TPSA) is 79.8 Å². The second-order valence-electron chi connectivity index (χ2n) is 4.64. The number of hydrogen-bond donors (Lipinski definition) is 2. The number of ether oxygens (including phenoxy) is 1. The van der Waals surface area contributed by atoms with E-state index in [0.717, 1.165) is 0 Å². The molecule has 0 unspecified atom stereocenters. The van der Waals surface area contributed by atoms with Crippen molar-refractivity contribution in [3.05, 3.63) is 57.0 Å². The van der Waals surface area contributed by atoms with E-state index in [1.165, 1.54) is 19.4 Å². The van der Waals surface area contributed by atoms with E-state index in [9.17, 15) is 9.59 Å². The molecule has 0 aliphatic carbocycles. The van der Waals surface area contributed by atoms with Gasteiger partial charge in [-0.3, -0.25) is 9.59 Å². The molecule has 6 nitrogen and oxygen atoms in total. The van der Waals surface area contributed by atoms with Crippen LogP contribution >= 0.6 is 34.8 Å². The number of carbonyl (C=O) groups is 2. The van der Waals surface area contributed by atoms with Crippen LogP contribution in [0, 0.1) is 0 Å². The predicted octanol–water partition coefficient (Wildman–Crippen LogP) is 3.74. The molecule has 9 heteroatoms. The van der Waals surface area contributed by atoms with Gasteiger partial charge in [0.05, 0.1) is 28.4 Å². The molecular formula is C16H12Cl3N3O3. The molecule has 2 aromatic carbocycles. The molecule has 2 amide bonds. The molecular weight excluding hydrogens is 389 g/mol. The Morgan fingerprint density at radius 3 is 2.32 bits per heavy atom. The fourth-order valence-electron chi connectivity index (χ4n) is 1.77. The number of hydrazone groups is 1. The lowest BCUT2D eigenvalue weighted by atomic mass is 10.2. The Kier molecular flexibility index (Phi) is 6.64. The average molecular weight is 401 g/mol. The minimum atomic E-state index is -0.966. The fourth-order valence-corrected chi connectivity index (χ4v) is 2.52. The van der Waals surface area contributed by atoms with Crippen molar-refractivity contribution in [3.8, 4) is 5.75 Å². The van der Waals surface area contributed by atoms with Crippen LogP contribution < -0.4 is 15.5 Å². The molecule has 0 fully saturated rings. The highest BCUT2D eigenvalue weighted by molar-refractivity contribution is 6.40. The number of rotatable bonds is 4. The maximum Gasteiger partial charge on any atom is 0.329 e. The van der Waals surface area contributed by atoms with E-state index < -0.39 is 11.8 Å². The van der Waals surface area contributed by atoms with Crippen LogP contribution in [0.2, 0.25) is 15.1 Å². The summed E-state index contributed by atoms with van der Waals surface area (Å²) in [5.41, 5.74) is 2.85. The van der Waals surface area contributed by atoms with Crippen LogP contribution in [0.3, 0.4) is 0 Å². The van der Waals surface area contributed by atoms with Crippen LogP contribution in [0.25, 0.3) is 0 Å². The number of methoxy groups -OCH3 is 1. The molecule has 25 heavy (non-hydrogen) atoms. The molecule has 0 aliphatic rings. The Morgan fingerprint density at radius 1 is 1.04 bits per heavy atom. The van der Waals surface area contributed by atoms with Gasteiger partial charge in [-0.15, -0.1) is 0 Å². The van der Waals surface area contributed by atoms with Gasteiger partial charge in [-0.25, -0.2) is 5.43 Å². The van der Waals surface area contributed by atoms with E-state index in [1.807, 2.05) is 0 Å². The lowest BCUT2D eigenvalue weighted by Gasteiger charge is -2.07. The number of nitrogens with one attached hydrogen (secondary N) is 2. The molecule has 0 saturated heterocycles. The summed E-state index contributed by atoms with van der Waals surface area (Å²) in [5.74, 6) is -1.43. The zero-order valence-electron chi connectivity index (χ0n) is 12.8. The number of nitrogens with zero attached hydrogens (tertiary/aromatic N) is 1. The van der Waals surface area contributed by atoms with Crippen LogP contribution in [0.1, 0.15) is 5.56 Å². The van der Waals surface area contributed by atoms with E-state index in [-0.39, 0.29) is 0 Å². The quantitative estimate of drug-likeness (QED) is 0.466. The lowest BCUT2D eigenvalue weighted by Crippen LogP contribution is -2.32. The van der Waals surface area contributed by atoms with Gasteiger partial charge in [-0.05, 0) is 30.3 Å². The standard InChI is InChI=1S/C16H12Cl3N3O3/c1-25-14-6-5-9(7-13(14)19)21-15(23)16(24)22-20-8-10-11(17)3-2-4-12(10)18/h2-8H,1H3,(H,21,23)(H,22,24)/b20-8-. The smallest absolute Gasteiger partial charge is 0.329 e. The molecule has 0 saturated carbocycles. The summed E-state index contributed by atoms with van der Waals surface area (Å²) in [5, 5.41) is 7.08. The monoisotopic (exact) mass is 399 g/mol. The summed E-state index contributed by atoms with van der Waals surface area (Å²) in [4.78, 5) is 23.6. The Bertz CT molecular complexity index is 820. The number of amides is 2. The van der Waals surface area contributed by atoms with Gasteiger partial charge in [0.25, 0.3) is 0 Å². The second kappa shape index (κ2) is 8.71. The van der Waals surface area contributed by atoms with Crippen LogP contribution in [0.15, 0.2) is 41.5 Å². The van der Waals surface area contributed by atoms with E-state index in [1.54, 1.807) is 30.3 Å². The highest BCUT2D eigenvalue weighted by Crippen LogP contribution is 2.27. The first-order chi connectivity index (χ1) is 11.9. The van der Waals surface area contributed by atoms with Gasteiger partial charge in [-0.2, -0.15) is 5.10 Å². The van der Waals surface area contributed by atoms with Crippen LogP contribution in [-0.2, 0) is 9.59 Å². The molecule has 0 atom stereocenters. The van der Waals surface area contributed by atoms with Crippen molar-refractivity contribution < 1.29 is 14.3 Å². The molecule has 0 aromatic heterocycles. The van der Waals surface area contributed by atoms with Gasteiger partial charge in [0, 0.05) is 11.3 Å². The summed E-state index contributed by atoms with van der Waals surface area (Å²) in [6.07, 6.45) is 1.25. The largest absolute Gasteiger partial charge is 0.495 e. The van der Waals surface area contributed by atoms with Gasteiger partial charge in [0.2, 0.25) is 0 Å². The van der Waals surface area contributed by atoms with Gasteiger partial charge >= 0.3 is 11.8 Å². The third-order valence-corrected chi connectivity index (χ3v) is 3.93. The van der Waals surface area contributed by atoms with Crippen molar-refractivity contribution in [1.29, 1.82) is 0 Å². The Labute approximate surface area is 158 Å². The third kappa shape index (κ3) is 5.09. The first-order valence-electron chi connectivity index (χ1n) is 6.84. The first-order valence-corrected chi connectivity index (χ1v) is 7.97. The molecule has 0 heterocycles. The van der Waals surface area contributed by atoms with Crippen molar-refractivity contribution in [3.63, 3.8) is 0 Å². The number of benzene rings is 2. The molecule has 0 aliphatic heterocycles. The predicted molar refractivity (Wildman–Crippen MR) is 98.8 cm³/mol. The Morgan fingerprint density at radius 2 is 1.72 bits per heavy atom. The van der Waals surface area contributed by atoms with E-state index >= 15 is 0 Å². The first kappa shape index (κ1) is 19.1. The zero-order valence-corrected chi connectivity index (χ0v) is 15.1. The average Bonchev–Trinajstić information content (AvgIpc) is 2.57. The number of carbonyl (C=O) groups excluding carboxylic acids is 2. The van der Waals surface area contributed by atoms with Gasteiger partial charge in [0.1, 0.15) is 5.75 Å². The summed E-state index contributed by atoms with van der Waals surface area (Å²) >= 11 is 17.9. The molecule has 0 radical (unpaired) electrons. The summed E-state index contributed by atoms with van der Waals surface area (Å²) < 4.78 is 5.00. The van der Waals surface area contributed by atoms with Crippen molar-refractivity contribution in [2.24, 2.45) is 5.10 Å². The Balaban J connectivity index is 1.98. The number of hydrogen-bond acceptors (Lipinski definition) is 4. The molecule has 130 valence electrons. The molecule has 0 bridgehead atoms. The highest BCUT2D eigenvalue weighted by Gasteiger charge is 2.14. The van der Waals surface area contributed by atoms with Crippen molar-refractivity contribution in [2.75, 3.05) is 12.4 Å². The highest BCUT2D eigenvalue weighted by atomic mass is 35.5. The molecule has 2 aromatic rings. The second-order valence-corrected chi connectivity index (χ2v) is 5.86. The van der Waals surface area contributed by atoms with Gasteiger partial charge in [-0.1, -0.05) is 40.9 Å². The SMILES string of the molecule is COc1ccc(NC(=O)C(=O)N/N=C\c2c(Cl)cccc2Cl)cc1Cl. The molecule has 2 N–H and O–H groups in total. The minimum Gasteiger partial charge on any atom is -0.495 e. The fraction of sp³-hybridized carbons (Fsp3) is 0.0625. The maximum absolute atomic E-state index is 11.8. The zero-order chi connectivity index (χ0) is 18.4. The lowest BCUT2D eigenvalue weighted by molar-refractivity contribution is -0.136. The number of anilines is 1. The maximum atomic E-state index is 11.8. The van der Waals surface area contributed by atoms with Gasteiger partial charge in [0.15, 0.2) is 0 Å². The van der Waals surface area contributed by atoms with Gasteiger partial charge < -0.3 is 10.1 Å². The summed E-state index contributed by atoms with van der Waals surface area (Å²) in [6, 6.07) is 9.48. The van der Waals surface area contributed by atoms with E-state index in [2.05, 4.69) is 15.8 Å².